The summed E-state index contributed by atoms with van der Waals surface area (Å²) in [6.07, 6.45) is 2.78. The Kier molecular flexibility index (Phi) is 3.96. The minimum Gasteiger partial charge on any atom is -0.454 e. The van der Waals surface area contributed by atoms with E-state index in [-0.39, 0.29) is 12.1 Å². The topological polar surface area (TPSA) is 57.0 Å². The molecule has 0 spiro atoms. The van der Waals surface area contributed by atoms with Crippen LogP contribution in [-0.4, -0.2) is 20.7 Å². The second-order valence-corrected chi connectivity index (χ2v) is 4.85. The van der Waals surface area contributed by atoms with Crippen molar-refractivity contribution in [2.45, 2.75) is 13.0 Å². The average Bonchev–Trinajstić information content (AvgIpc) is 3.10. The van der Waals surface area contributed by atoms with E-state index >= 15 is 0 Å². The van der Waals surface area contributed by atoms with Crippen molar-refractivity contribution in [2.24, 2.45) is 0 Å². The highest BCUT2D eigenvalue weighted by Crippen LogP contribution is 2.18. The molecule has 22 heavy (non-hydrogen) atoms. The standard InChI is InChI=1S/C17H15N3O2/c1-13(14-5-3-2-4-6-14)22-17(21)15-7-9-16(10-8-15)20-12-18-11-19-20/h2-13H,1H3. The van der Waals surface area contributed by atoms with Crippen molar-refractivity contribution in [3.8, 4) is 5.69 Å². The van der Waals surface area contributed by atoms with E-state index in [1.165, 1.54) is 6.33 Å². The maximum Gasteiger partial charge on any atom is 0.338 e. The van der Waals surface area contributed by atoms with Gasteiger partial charge in [-0.1, -0.05) is 30.3 Å². The van der Waals surface area contributed by atoms with Gasteiger partial charge in [0.15, 0.2) is 0 Å². The third-order valence-electron chi connectivity index (χ3n) is 3.34. The Balaban J connectivity index is 1.70. The summed E-state index contributed by atoms with van der Waals surface area (Å²) in [4.78, 5) is 16.1. The Morgan fingerprint density at radius 1 is 1.09 bits per heavy atom. The lowest BCUT2D eigenvalue weighted by atomic mass is 10.1. The number of esters is 1. The molecule has 0 aliphatic heterocycles. The molecule has 0 saturated heterocycles. The Morgan fingerprint density at radius 2 is 1.82 bits per heavy atom. The molecule has 5 nitrogen and oxygen atoms in total. The number of benzene rings is 2. The third-order valence-corrected chi connectivity index (χ3v) is 3.34. The number of hydrogen-bond donors (Lipinski definition) is 0. The van der Waals surface area contributed by atoms with Crippen LogP contribution in [-0.2, 0) is 4.74 Å². The van der Waals surface area contributed by atoms with Gasteiger partial charge in [0.25, 0.3) is 0 Å². The number of rotatable bonds is 4. The molecule has 1 unspecified atom stereocenters. The van der Waals surface area contributed by atoms with Gasteiger partial charge in [0, 0.05) is 0 Å². The minimum absolute atomic E-state index is 0.288. The molecule has 0 N–H and O–H groups in total. The van der Waals surface area contributed by atoms with Crippen molar-refractivity contribution in [3.05, 3.63) is 78.4 Å². The fraction of sp³-hybridized carbons (Fsp3) is 0.118. The predicted molar refractivity (Wildman–Crippen MR) is 81.6 cm³/mol. The van der Waals surface area contributed by atoms with Crippen LogP contribution in [0.4, 0.5) is 0 Å². The van der Waals surface area contributed by atoms with Gasteiger partial charge in [0.1, 0.15) is 18.8 Å². The van der Waals surface area contributed by atoms with E-state index in [0.29, 0.717) is 5.56 Å². The summed E-state index contributed by atoms with van der Waals surface area (Å²) in [6, 6.07) is 16.7. The van der Waals surface area contributed by atoms with E-state index in [1.54, 1.807) is 35.3 Å². The SMILES string of the molecule is CC(OC(=O)c1ccc(-n2cncn2)cc1)c1ccccc1. The Bertz CT molecular complexity index is 737. The van der Waals surface area contributed by atoms with Crippen molar-refractivity contribution in [2.75, 3.05) is 0 Å². The second kappa shape index (κ2) is 6.22. The molecule has 2 aromatic carbocycles. The minimum atomic E-state index is -0.346. The molecule has 1 atom stereocenters. The molecule has 0 aliphatic carbocycles. The normalized spacial score (nSPS) is 11.9. The predicted octanol–water partition coefficient (Wildman–Crippen LogP) is 3.19. The van der Waals surface area contributed by atoms with Crippen molar-refractivity contribution in [1.29, 1.82) is 0 Å². The molecule has 3 aromatic rings. The molecule has 0 aliphatic rings. The molecule has 0 fully saturated rings. The van der Waals surface area contributed by atoms with Crippen molar-refractivity contribution >= 4 is 5.97 Å². The van der Waals surface area contributed by atoms with Gasteiger partial charge >= 0.3 is 5.97 Å². The lowest BCUT2D eigenvalue weighted by Gasteiger charge is -2.13. The lowest BCUT2D eigenvalue weighted by molar-refractivity contribution is 0.0338. The quantitative estimate of drug-likeness (QED) is 0.693. The van der Waals surface area contributed by atoms with Crippen LogP contribution in [0, 0.1) is 0 Å². The first-order valence-corrected chi connectivity index (χ1v) is 6.95. The Hall–Kier alpha value is -2.95. The number of nitrogens with zero attached hydrogens (tertiary/aromatic N) is 3. The average molecular weight is 293 g/mol. The first-order chi connectivity index (χ1) is 10.7. The number of carbonyl (C=O) groups excluding carboxylic acids is 1. The Morgan fingerprint density at radius 3 is 2.45 bits per heavy atom. The molecule has 1 heterocycles. The van der Waals surface area contributed by atoms with Crippen LogP contribution >= 0.6 is 0 Å². The molecule has 0 radical (unpaired) electrons. The zero-order valence-corrected chi connectivity index (χ0v) is 12.1. The molecule has 0 bridgehead atoms. The summed E-state index contributed by atoms with van der Waals surface area (Å²) in [7, 11) is 0. The van der Waals surface area contributed by atoms with Crippen LogP contribution in [0.2, 0.25) is 0 Å². The van der Waals surface area contributed by atoms with Crippen LogP contribution in [0.3, 0.4) is 0 Å². The molecular formula is C17H15N3O2. The van der Waals surface area contributed by atoms with Gasteiger partial charge in [-0.25, -0.2) is 14.5 Å². The number of aromatic nitrogens is 3. The zero-order chi connectivity index (χ0) is 15.4. The van der Waals surface area contributed by atoms with Gasteiger partial charge in [-0.15, -0.1) is 0 Å². The fourth-order valence-corrected chi connectivity index (χ4v) is 2.11. The number of hydrogen-bond acceptors (Lipinski definition) is 4. The Labute approximate surface area is 128 Å². The van der Waals surface area contributed by atoms with Gasteiger partial charge in [-0.3, -0.25) is 0 Å². The van der Waals surface area contributed by atoms with E-state index in [1.807, 2.05) is 37.3 Å². The summed E-state index contributed by atoms with van der Waals surface area (Å²) >= 11 is 0. The first kappa shape index (κ1) is 14.0. The zero-order valence-electron chi connectivity index (χ0n) is 12.1. The van der Waals surface area contributed by atoms with E-state index in [0.717, 1.165) is 11.3 Å². The maximum absolute atomic E-state index is 12.2. The summed E-state index contributed by atoms with van der Waals surface area (Å²) in [5.74, 6) is -0.346. The molecular weight excluding hydrogens is 278 g/mol. The highest BCUT2D eigenvalue weighted by atomic mass is 16.5. The summed E-state index contributed by atoms with van der Waals surface area (Å²) in [6.45, 7) is 1.86. The van der Waals surface area contributed by atoms with Crippen molar-refractivity contribution in [1.82, 2.24) is 14.8 Å². The van der Waals surface area contributed by atoms with Gasteiger partial charge < -0.3 is 4.74 Å². The van der Waals surface area contributed by atoms with E-state index < -0.39 is 0 Å². The summed E-state index contributed by atoms with van der Waals surface area (Å²) in [5, 5.41) is 4.04. The maximum atomic E-state index is 12.2. The first-order valence-electron chi connectivity index (χ1n) is 6.95. The van der Waals surface area contributed by atoms with E-state index in [9.17, 15) is 4.79 Å². The van der Waals surface area contributed by atoms with Crippen molar-refractivity contribution in [3.63, 3.8) is 0 Å². The van der Waals surface area contributed by atoms with Gasteiger partial charge in [0.05, 0.1) is 11.3 Å². The highest BCUT2D eigenvalue weighted by Gasteiger charge is 2.13. The monoisotopic (exact) mass is 293 g/mol. The summed E-state index contributed by atoms with van der Waals surface area (Å²) in [5.41, 5.74) is 2.31. The second-order valence-electron chi connectivity index (χ2n) is 4.85. The van der Waals surface area contributed by atoms with Crippen LogP contribution < -0.4 is 0 Å². The van der Waals surface area contributed by atoms with Crippen LogP contribution in [0.1, 0.15) is 28.9 Å². The van der Waals surface area contributed by atoms with Crippen LogP contribution in [0.5, 0.6) is 0 Å². The highest BCUT2D eigenvalue weighted by molar-refractivity contribution is 5.89. The van der Waals surface area contributed by atoms with Gasteiger partial charge in [-0.05, 0) is 36.8 Å². The van der Waals surface area contributed by atoms with Gasteiger partial charge in [0.2, 0.25) is 0 Å². The molecule has 1 aromatic heterocycles. The molecule has 3 rings (SSSR count). The molecule has 0 amide bonds. The number of carbonyl (C=O) groups is 1. The number of ether oxygens (including phenoxy) is 1. The van der Waals surface area contributed by atoms with Crippen molar-refractivity contribution < 1.29 is 9.53 Å². The van der Waals surface area contributed by atoms with Crippen LogP contribution in [0.15, 0.2) is 67.3 Å². The van der Waals surface area contributed by atoms with E-state index in [4.69, 9.17) is 4.74 Å². The summed E-state index contributed by atoms with van der Waals surface area (Å²) < 4.78 is 7.11. The fourth-order valence-electron chi connectivity index (χ4n) is 2.11. The molecule has 110 valence electrons. The molecule has 0 saturated carbocycles. The van der Waals surface area contributed by atoms with Crippen LogP contribution in [0.25, 0.3) is 5.69 Å². The lowest BCUT2D eigenvalue weighted by Crippen LogP contribution is -2.09. The largest absolute Gasteiger partial charge is 0.454 e. The smallest absolute Gasteiger partial charge is 0.338 e. The third kappa shape index (κ3) is 3.03. The molecule has 5 heteroatoms. The van der Waals surface area contributed by atoms with Gasteiger partial charge in [-0.2, -0.15) is 5.10 Å². The van der Waals surface area contributed by atoms with E-state index in [2.05, 4.69) is 10.1 Å².